The monoisotopic (exact) mass is 532 g/mol. The molecule has 8 heteroatoms. The van der Waals surface area contributed by atoms with E-state index >= 15 is 0 Å². The molecule has 7 nitrogen and oxygen atoms in total. The van der Waals surface area contributed by atoms with Crippen molar-refractivity contribution in [2.45, 2.75) is 25.7 Å². The molecule has 174 valence electrons. The topological polar surface area (TPSA) is 64.6 Å². The molecule has 0 aliphatic carbocycles. The number of unbranched alkanes of at least 4 members (excludes halogenated alkanes) is 3. The highest BCUT2D eigenvalue weighted by Gasteiger charge is 1.95. The highest BCUT2D eigenvalue weighted by Crippen LogP contribution is 2.02. The van der Waals surface area contributed by atoms with E-state index in [-0.39, 0.29) is 0 Å². The number of ether oxygens (including phenoxy) is 7. The summed E-state index contributed by atoms with van der Waals surface area (Å²) in [5.74, 6) is 0. The third-order valence-corrected chi connectivity index (χ3v) is 4.40. The summed E-state index contributed by atoms with van der Waals surface area (Å²) in [6.07, 6.45) is 6.73. The third kappa shape index (κ3) is 28.2. The molecule has 0 aromatic heterocycles. The zero-order chi connectivity index (χ0) is 21.1. The second kappa shape index (κ2) is 28.2. The quantitative estimate of drug-likeness (QED) is 0.0734. The van der Waals surface area contributed by atoms with Crippen LogP contribution >= 0.6 is 22.6 Å². The van der Waals surface area contributed by atoms with E-state index in [4.69, 9.17) is 33.2 Å². The number of halogens is 1. The molecule has 0 aliphatic rings. The first-order valence-electron chi connectivity index (χ1n) is 10.6. The largest absolute Gasteiger partial charge is 0.379 e. The van der Waals surface area contributed by atoms with Gasteiger partial charge in [0.05, 0.1) is 85.9 Å². The van der Waals surface area contributed by atoms with Crippen LogP contribution in [0, 0.1) is 0 Å². The molecule has 0 saturated heterocycles. The van der Waals surface area contributed by atoms with Crippen LogP contribution in [-0.2, 0) is 33.2 Å². The Bertz CT molecular complexity index is 309. The number of rotatable bonds is 26. The molecule has 0 unspecified atom stereocenters. The van der Waals surface area contributed by atoms with Crippen molar-refractivity contribution in [1.82, 2.24) is 0 Å². The van der Waals surface area contributed by atoms with Crippen molar-refractivity contribution in [2.24, 2.45) is 0 Å². The van der Waals surface area contributed by atoms with E-state index in [9.17, 15) is 0 Å². The van der Waals surface area contributed by atoms with Gasteiger partial charge in [-0.25, -0.2) is 0 Å². The van der Waals surface area contributed by atoms with Crippen molar-refractivity contribution in [3.05, 3.63) is 12.7 Å². The predicted molar refractivity (Wildman–Crippen MR) is 123 cm³/mol. The molecule has 0 fully saturated rings. The van der Waals surface area contributed by atoms with Crippen molar-refractivity contribution in [2.75, 3.05) is 96.9 Å². The zero-order valence-electron chi connectivity index (χ0n) is 18.0. The molecular weight excluding hydrogens is 491 g/mol. The standard InChI is InChI=1S/C21H41IO7/c1-2-8-23-10-12-25-14-16-27-18-20-29-21-19-28-17-15-26-13-11-24-9-6-4-3-5-7-22/h2H,1,3-21H2. The molecule has 0 heterocycles. The molecular formula is C21H41IO7. The Kier molecular flexibility index (Phi) is 28.4. The van der Waals surface area contributed by atoms with Gasteiger partial charge in [0.15, 0.2) is 0 Å². The van der Waals surface area contributed by atoms with Crippen LogP contribution in [0.1, 0.15) is 25.7 Å². The second-order valence-corrected chi connectivity index (χ2v) is 7.22. The average molecular weight is 532 g/mol. The first-order chi connectivity index (χ1) is 14.4. The summed E-state index contributed by atoms with van der Waals surface area (Å²) in [7, 11) is 0. The van der Waals surface area contributed by atoms with Crippen LogP contribution in [0.15, 0.2) is 12.7 Å². The van der Waals surface area contributed by atoms with Gasteiger partial charge in [0.2, 0.25) is 0 Å². The molecule has 0 atom stereocenters. The van der Waals surface area contributed by atoms with E-state index in [1.54, 1.807) is 6.08 Å². The lowest BCUT2D eigenvalue weighted by Gasteiger charge is -2.08. The zero-order valence-corrected chi connectivity index (χ0v) is 20.1. The maximum Gasteiger partial charge on any atom is 0.0704 e. The Hall–Kier alpha value is 0.190. The maximum atomic E-state index is 5.53. The number of alkyl halides is 1. The second-order valence-electron chi connectivity index (χ2n) is 6.14. The summed E-state index contributed by atoms with van der Waals surface area (Å²) in [6, 6.07) is 0. The van der Waals surface area contributed by atoms with Gasteiger partial charge >= 0.3 is 0 Å². The Morgan fingerprint density at radius 2 is 0.793 bits per heavy atom. The minimum atomic E-state index is 0.553. The van der Waals surface area contributed by atoms with E-state index in [0.29, 0.717) is 85.9 Å². The Morgan fingerprint density at radius 3 is 1.17 bits per heavy atom. The smallest absolute Gasteiger partial charge is 0.0704 e. The molecule has 0 saturated carbocycles. The van der Waals surface area contributed by atoms with Gasteiger partial charge in [-0.3, -0.25) is 0 Å². The minimum absolute atomic E-state index is 0.553. The van der Waals surface area contributed by atoms with Crippen molar-refractivity contribution in [1.29, 1.82) is 0 Å². The SMILES string of the molecule is C=CCOCCOCCOCCOCCOCCOCCOCCCCCCI. The van der Waals surface area contributed by atoms with E-state index in [1.807, 2.05) is 0 Å². The van der Waals surface area contributed by atoms with E-state index in [1.165, 1.54) is 23.7 Å². The summed E-state index contributed by atoms with van der Waals surface area (Å²) in [4.78, 5) is 0. The molecule has 0 aromatic rings. The lowest BCUT2D eigenvalue weighted by Crippen LogP contribution is -2.14. The Balaban J connectivity index is 2.97. The van der Waals surface area contributed by atoms with Crippen LogP contribution in [0.25, 0.3) is 0 Å². The van der Waals surface area contributed by atoms with Crippen molar-refractivity contribution >= 4 is 22.6 Å². The molecule has 0 N–H and O–H groups in total. The normalized spacial score (nSPS) is 11.2. The molecule has 0 aromatic carbocycles. The van der Waals surface area contributed by atoms with Gasteiger partial charge in [-0.15, -0.1) is 6.58 Å². The first-order valence-corrected chi connectivity index (χ1v) is 12.2. The fourth-order valence-electron chi connectivity index (χ4n) is 2.14. The summed E-state index contributed by atoms with van der Waals surface area (Å²) >= 11 is 2.42. The van der Waals surface area contributed by atoms with Crippen molar-refractivity contribution < 1.29 is 33.2 Å². The van der Waals surface area contributed by atoms with Crippen LogP contribution in [-0.4, -0.2) is 96.9 Å². The third-order valence-electron chi connectivity index (χ3n) is 3.64. The van der Waals surface area contributed by atoms with Crippen LogP contribution < -0.4 is 0 Å². The van der Waals surface area contributed by atoms with Gasteiger partial charge in [0.25, 0.3) is 0 Å². The highest BCUT2D eigenvalue weighted by atomic mass is 127. The lowest BCUT2D eigenvalue weighted by atomic mass is 10.2. The molecule has 29 heavy (non-hydrogen) atoms. The first kappa shape index (κ1) is 29.2. The number of hydrogen-bond acceptors (Lipinski definition) is 7. The van der Waals surface area contributed by atoms with E-state index in [0.717, 1.165) is 13.0 Å². The van der Waals surface area contributed by atoms with Crippen LogP contribution in [0.3, 0.4) is 0 Å². The fourth-order valence-corrected chi connectivity index (χ4v) is 2.68. The fraction of sp³-hybridized carbons (Fsp3) is 0.905. The average Bonchev–Trinajstić information content (AvgIpc) is 2.74. The molecule has 0 spiro atoms. The summed E-state index contributed by atoms with van der Waals surface area (Å²) in [5, 5.41) is 0. The van der Waals surface area contributed by atoms with Gasteiger partial charge in [-0.2, -0.15) is 0 Å². The Morgan fingerprint density at radius 1 is 0.448 bits per heavy atom. The molecule has 0 aliphatic heterocycles. The Labute approximate surface area is 190 Å². The lowest BCUT2D eigenvalue weighted by molar-refractivity contribution is -0.0198. The van der Waals surface area contributed by atoms with Gasteiger partial charge in [-0.1, -0.05) is 41.5 Å². The van der Waals surface area contributed by atoms with Crippen LogP contribution in [0.5, 0.6) is 0 Å². The van der Waals surface area contributed by atoms with Gasteiger partial charge in [-0.05, 0) is 17.3 Å². The molecule has 0 bridgehead atoms. The molecule has 0 radical (unpaired) electrons. The predicted octanol–water partition coefficient (Wildman–Crippen LogP) is 3.28. The minimum Gasteiger partial charge on any atom is -0.379 e. The molecule has 0 rings (SSSR count). The van der Waals surface area contributed by atoms with Gasteiger partial charge in [0.1, 0.15) is 0 Å². The summed E-state index contributed by atoms with van der Waals surface area (Å²) < 4.78 is 39.1. The van der Waals surface area contributed by atoms with Crippen molar-refractivity contribution in [3.63, 3.8) is 0 Å². The van der Waals surface area contributed by atoms with Gasteiger partial charge < -0.3 is 33.2 Å². The highest BCUT2D eigenvalue weighted by molar-refractivity contribution is 14.1. The van der Waals surface area contributed by atoms with E-state index < -0.39 is 0 Å². The van der Waals surface area contributed by atoms with Crippen LogP contribution in [0.4, 0.5) is 0 Å². The van der Waals surface area contributed by atoms with Crippen molar-refractivity contribution in [3.8, 4) is 0 Å². The number of hydrogen-bond donors (Lipinski definition) is 0. The van der Waals surface area contributed by atoms with Gasteiger partial charge in [0, 0.05) is 6.61 Å². The summed E-state index contributed by atoms with van der Waals surface area (Å²) in [5.41, 5.74) is 0. The molecule has 0 amide bonds. The summed E-state index contributed by atoms with van der Waals surface area (Å²) in [6.45, 7) is 11.9. The van der Waals surface area contributed by atoms with Crippen LogP contribution in [0.2, 0.25) is 0 Å². The van der Waals surface area contributed by atoms with E-state index in [2.05, 4.69) is 29.2 Å². The maximum absolute atomic E-state index is 5.53.